The lowest BCUT2D eigenvalue weighted by Crippen LogP contribution is -2.24. The molecule has 104 valence electrons. The minimum absolute atomic E-state index is 0.0464. The van der Waals surface area contributed by atoms with Gasteiger partial charge in [-0.25, -0.2) is 4.79 Å². The number of benzene rings is 1. The summed E-state index contributed by atoms with van der Waals surface area (Å²) in [5, 5.41) is 5.12. The van der Waals surface area contributed by atoms with Crippen molar-refractivity contribution in [3.05, 3.63) is 53.8 Å². The number of urea groups is 1. The molecule has 2 amide bonds. The first-order chi connectivity index (χ1) is 9.60. The van der Waals surface area contributed by atoms with Crippen molar-refractivity contribution in [1.29, 1.82) is 0 Å². The van der Waals surface area contributed by atoms with Gasteiger partial charge in [0.2, 0.25) is 0 Å². The van der Waals surface area contributed by atoms with Crippen molar-refractivity contribution in [3.63, 3.8) is 0 Å². The van der Waals surface area contributed by atoms with Crippen LogP contribution in [0.2, 0.25) is 0 Å². The Bertz CT molecular complexity index is 591. The zero-order chi connectivity index (χ0) is 14.5. The zero-order valence-corrected chi connectivity index (χ0v) is 11.5. The van der Waals surface area contributed by atoms with Crippen LogP contribution in [-0.2, 0) is 0 Å². The summed E-state index contributed by atoms with van der Waals surface area (Å²) in [5.41, 5.74) is 1.81. The molecule has 2 N–H and O–H groups in total. The average Bonchev–Trinajstić information content (AvgIpc) is 2.47. The molecule has 0 unspecified atom stereocenters. The van der Waals surface area contributed by atoms with E-state index in [1.54, 1.807) is 37.4 Å². The van der Waals surface area contributed by atoms with Crippen LogP contribution in [0.1, 0.15) is 10.4 Å². The molecule has 0 fully saturated rings. The van der Waals surface area contributed by atoms with Gasteiger partial charge in [0, 0.05) is 37.5 Å². The zero-order valence-electron chi connectivity index (χ0n) is 11.5. The van der Waals surface area contributed by atoms with E-state index in [0.717, 1.165) is 0 Å². The summed E-state index contributed by atoms with van der Waals surface area (Å²) < 4.78 is 0. The van der Waals surface area contributed by atoms with Crippen molar-refractivity contribution in [2.24, 2.45) is 0 Å². The molecule has 0 atom stereocenters. The van der Waals surface area contributed by atoms with E-state index < -0.39 is 0 Å². The lowest BCUT2D eigenvalue weighted by atomic mass is 10.0. The number of ketones is 1. The van der Waals surface area contributed by atoms with Gasteiger partial charge in [0.25, 0.3) is 0 Å². The topological polar surface area (TPSA) is 61.4 Å². The number of carbonyl (C=O) groups is 2. The van der Waals surface area contributed by atoms with Gasteiger partial charge >= 0.3 is 6.03 Å². The van der Waals surface area contributed by atoms with Gasteiger partial charge in [-0.1, -0.05) is 18.2 Å². The molecule has 2 rings (SSSR count). The maximum absolute atomic E-state index is 12.3. The second-order valence-corrected chi connectivity index (χ2v) is 4.53. The van der Waals surface area contributed by atoms with Crippen molar-refractivity contribution in [1.82, 2.24) is 10.2 Å². The summed E-state index contributed by atoms with van der Waals surface area (Å²) in [4.78, 5) is 25.6. The smallest absolute Gasteiger partial charge is 0.318 e. The Morgan fingerprint density at radius 2 is 2.10 bits per heavy atom. The Balaban J connectivity index is 2.17. The van der Waals surface area contributed by atoms with Gasteiger partial charge in [0.1, 0.15) is 0 Å². The molecule has 1 aromatic rings. The SMILES string of the molecule is CNC(=O)Nc1cccc(C(=O)C2=CCN(C)C=C2)c1. The second kappa shape index (κ2) is 6.06. The van der Waals surface area contributed by atoms with Crippen LogP contribution in [0.4, 0.5) is 10.5 Å². The normalized spacial score (nSPS) is 13.7. The highest BCUT2D eigenvalue weighted by Crippen LogP contribution is 2.17. The van der Waals surface area contributed by atoms with Gasteiger partial charge in [0.05, 0.1) is 0 Å². The van der Waals surface area contributed by atoms with Crippen LogP contribution in [0, 0.1) is 0 Å². The Labute approximate surface area is 118 Å². The maximum Gasteiger partial charge on any atom is 0.318 e. The third-order valence-corrected chi connectivity index (χ3v) is 2.98. The van der Waals surface area contributed by atoms with Crippen molar-refractivity contribution < 1.29 is 9.59 Å². The van der Waals surface area contributed by atoms with E-state index in [1.807, 2.05) is 24.2 Å². The number of amides is 2. The van der Waals surface area contributed by atoms with Crippen molar-refractivity contribution >= 4 is 17.5 Å². The van der Waals surface area contributed by atoms with E-state index >= 15 is 0 Å². The lowest BCUT2D eigenvalue weighted by Gasteiger charge is -2.16. The van der Waals surface area contributed by atoms with E-state index in [1.165, 1.54) is 0 Å². The van der Waals surface area contributed by atoms with Gasteiger partial charge in [-0.05, 0) is 24.4 Å². The van der Waals surface area contributed by atoms with Crippen LogP contribution in [0.15, 0.2) is 48.2 Å². The van der Waals surface area contributed by atoms with E-state index in [-0.39, 0.29) is 11.8 Å². The van der Waals surface area contributed by atoms with Crippen LogP contribution in [-0.4, -0.2) is 37.4 Å². The molecule has 20 heavy (non-hydrogen) atoms. The summed E-state index contributed by atoms with van der Waals surface area (Å²) in [6, 6.07) is 6.59. The Kier molecular flexibility index (Phi) is 4.20. The van der Waals surface area contributed by atoms with E-state index in [0.29, 0.717) is 23.4 Å². The molecule has 5 nitrogen and oxygen atoms in total. The Hall–Kier alpha value is -2.56. The van der Waals surface area contributed by atoms with Crippen LogP contribution in [0.5, 0.6) is 0 Å². The highest BCUT2D eigenvalue weighted by molar-refractivity contribution is 6.11. The highest BCUT2D eigenvalue weighted by Gasteiger charge is 2.13. The number of nitrogens with zero attached hydrogens (tertiary/aromatic N) is 1. The number of nitrogens with one attached hydrogen (secondary N) is 2. The molecule has 0 saturated heterocycles. The van der Waals surface area contributed by atoms with E-state index in [4.69, 9.17) is 0 Å². The van der Waals surface area contributed by atoms with Crippen molar-refractivity contribution in [3.8, 4) is 0 Å². The van der Waals surface area contributed by atoms with Crippen LogP contribution >= 0.6 is 0 Å². The molecule has 1 aliphatic heterocycles. The van der Waals surface area contributed by atoms with Gasteiger partial charge in [-0.2, -0.15) is 0 Å². The Morgan fingerprint density at radius 3 is 2.75 bits per heavy atom. The molecule has 0 bridgehead atoms. The first kappa shape index (κ1) is 13.9. The Morgan fingerprint density at radius 1 is 1.30 bits per heavy atom. The standard InChI is InChI=1S/C15H17N3O2/c1-16-15(20)17-13-5-3-4-12(10-13)14(19)11-6-8-18(2)9-7-11/h3-8,10H,9H2,1-2H3,(H2,16,17,20). The molecule has 0 spiro atoms. The fourth-order valence-corrected chi connectivity index (χ4v) is 1.85. The summed E-state index contributed by atoms with van der Waals surface area (Å²) >= 11 is 0. The van der Waals surface area contributed by atoms with Crippen LogP contribution in [0.25, 0.3) is 0 Å². The molecule has 1 aromatic carbocycles. The summed E-state index contributed by atoms with van der Waals surface area (Å²) in [5.74, 6) is -0.0464. The first-order valence-electron chi connectivity index (χ1n) is 6.32. The van der Waals surface area contributed by atoms with Crippen molar-refractivity contribution in [2.75, 3.05) is 26.0 Å². The first-order valence-corrected chi connectivity index (χ1v) is 6.32. The number of allylic oxidation sites excluding steroid dienone is 2. The molecule has 1 aliphatic rings. The third-order valence-electron chi connectivity index (χ3n) is 2.98. The quantitative estimate of drug-likeness (QED) is 0.827. The number of Topliss-reactive ketones (excluding diaryl/α,β-unsaturated/α-hetero) is 1. The number of hydrogen-bond donors (Lipinski definition) is 2. The molecule has 0 radical (unpaired) electrons. The summed E-state index contributed by atoms with van der Waals surface area (Å²) in [6.07, 6.45) is 5.56. The molecular weight excluding hydrogens is 254 g/mol. The van der Waals surface area contributed by atoms with E-state index in [9.17, 15) is 9.59 Å². The predicted molar refractivity (Wildman–Crippen MR) is 78.7 cm³/mol. The van der Waals surface area contributed by atoms with Crippen LogP contribution in [0.3, 0.4) is 0 Å². The maximum atomic E-state index is 12.3. The summed E-state index contributed by atoms with van der Waals surface area (Å²) in [7, 11) is 3.49. The van der Waals surface area contributed by atoms with E-state index in [2.05, 4.69) is 10.6 Å². The molecular formula is C15H17N3O2. The molecule has 5 heteroatoms. The second-order valence-electron chi connectivity index (χ2n) is 4.53. The number of hydrogen-bond acceptors (Lipinski definition) is 3. The summed E-state index contributed by atoms with van der Waals surface area (Å²) in [6.45, 7) is 0.716. The third kappa shape index (κ3) is 3.26. The number of anilines is 1. The van der Waals surface area contributed by atoms with Gasteiger partial charge in [0.15, 0.2) is 5.78 Å². The number of carbonyl (C=O) groups excluding carboxylic acids is 2. The minimum atomic E-state index is -0.312. The predicted octanol–water partition coefficient (Wildman–Crippen LogP) is 2.01. The average molecular weight is 271 g/mol. The van der Waals surface area contributed by atoms with Gasteiger partial charge < -0.3 is 15.5 Å². The molecule has 0 aromatic heterocycles. The molecule has 0 saturated carbocycles. The van der Waals surface area contributed by atoms with Crippen LogP contribution < -0.4 is 10.6 Å². The molecule has 0 aliphatic carbocycles. The fraction of sp³-hybridized carbons (Fsp3) is 0.200. The minimum Gasteiger partial charge on any atom is -0.377 e. The largest absolute Gasteiger partial charge is 0.377 e. The monoisotopic (exact) mass is 271 g/mol. The lowest BCUT2D eigenvalue weighted by molar-refractivity contribution is 0.103. The van der Waals surface area contributed by atoms with Crippen molar-refractivity contribution in [2.45, 2.75) is 0 Å². The number of rotatable bonds is 3. The number of likely N-dealkylation sites (N-methyl/N-ethyl adjacent to an activating group) is 1. The van der Waals surface area contributed by atoms with Gasteiger partial charge in [-0.3, -0.25) is 4.79 Å². The van der Waals surface area contributed by atoms with Gasteiger partial charge in [-0.15, -0.1) is 0 Å². The fourth-order valence-electron chi connectivity index (χ4n) is 1.85. The highest BCUT2D eigenvalue weighted by atomic mass is 16.2. The molecule has 1 heterocycles.